The second kappa shape index (κ2) is 3.84. The smallest absolute Gasteiger partial charge is 0.368 e. The Morgan fingerprint density at radius 3 is 2.87 bits per heavy atom. The molecule has 3 nitrogen and oxygen atoms in total. The predicted molar refractivity (Wildman–Crippen MR) is 46.1 cm³/mol. The molecule has 1 aromatic heterocycles. The van der Waals surface area contributed by atoms with E-state index in [1.54, 1.807) is 18.5 Å². The molecule has 15 heavy (non-hydrogen) atoms. The molecule has 84 valence electrons. The lowest BCUT2D eigenvalue weighted by Crippen LogP contribution is -2.35. The number of nitrogens with zero attached hydrogens (tertiary/aromatic N) is 2. The second-order valence-electron chi connectivity index (χ2n) is 3.61. The van der Waals surface area contributed by atoms with Crippen LogP contribution in [0.25, 0.3) is 0 Å². The quantitative estimate of drug-likeness (QED) is 0.760. The number of ether oxygens (including phenoxy) is 1. The van der Waals surface area contributed by atoms with Crippen LogP contribution in [0, 0.1) is 5.92 Å². The van der Waals surface area contributed by atoms with E-state index < -0.39 is 18.2 Å². The van der Waals surface area contributed by atoms with Gasteiger partial charge < -0.3 is 4.74 Å². The van der Waals surface area contributed by atoms with E-state index in [1.165, 1.54) is 4.68 Å². The third-order valence-electron chi connectivity index (χ3n) is 2.52. The van der Waals surface area contributed by atoms with Gasteiger partial charge in [-0.1, -0.05) is 0 Å². The van der Waals surface area contributed by atoms with Crippen molar-refractivity contribution < 1.29 is 17.9 Å². The molecule has 0 aliphatic carbocycles. The molecule has 1 fully saturated rings. The van der Waals surface area contributed by atoms with E-state index in [9.17, 15) is 13.2 Å². The van der Waals surface area contributed by atoms with Crippen LogP contribution in [0.5, 0.6) is 0 Å². The van der Waals surface area contributed by atoms with Crippen LogP contribution in [0.1, 0.15) is 6.42 Å². The highest BCUT2D eigenvalue weighted by Crippen LogP contribution is 2.35. The number of aromatic nitrogens is 2. The number of halogens is 3. The van der Waals surface area contributed by atoms with Gasteiger partial charge in [-0.3, -0.25) is 4.68 Å². The standard InChI is InChI=1S/C9H11F3N2O/c10-9(11,12)8-7(2-5-15-8)6-14-4-1-3-13-14/h1,3-4,7-8H,2,5-6H2. The van der Waals surface area contributed by atoms with Crippen LogP contribution in [0.4, 0.5) is 13.2 Å². The molecule has 1 saturated heterocycles. The lowest BCUT2D eigenvalue weighted by molar-refractivity contribution is -0.217. The maximum Gasteiger partial charge on any atom is 0.414 e. The van der Waals surface area contributed by atoms with Gasteiger partial charge in [0.25, 0.3) is 0 Å². The van der Waals surface area contributed by atoms with Crippen molar-refractivity contribution in [2.75, 3.05) is 6.61 Å². The molecule has 0 saturated carbocycles. The van der Waals surface area contributed by atoms with Crippen LogP contribution in [0.15, 0.2) is 18.5 Å². The van der Waals surface area contributed by atoms with Gasteiger partial charge in [-0.05, 0) is 12.5 Å². The van der Waals surface area contributed by atoms with Gasteiger partial charge in [0.1, 0.15) is 0 Å². The molecule has 0 amide bonds. The summed E-state index contributed by atoms with van der Waals surface area (Å²) in [6, 6.07) is 1.69. The number of rotatable bonds is 2. The molecule has 2 heterocycles. The highest BCUT2D eigenvalue weighted by atomic mass is 19.4. The summed E-state index contributed by atoms with van der Waals surface area (Å²) in [5, 5.41) is 3.89. The maximum atomic E-state index is 12.5. The first kappa shape index (κ1) is 10.5. The van der Waals surface area contributed by atoms with Crippen molar-refractivity contribution in [1.82, 2.24) is 9.78 Å². The van der Waals surface area contributed by atoms with Gasteiger partial charge in [0.05, 0.1) is 0 Å². The zero-order valence-electron chi connectivity index (χ0n) is 7.94. The molecule has 2 unspecified atom stereocenters. The topological polar surface area (TPSA) is 27.1 Å². The molecule has 0 radical (unpaired) electrons. The molecule has 0 N–H and O–H groups in total. The van der Waals surface area contributed by atoms with Gasteiger partial charge in [0.15, 0.2) is 6.10 Å². The molecule has 0 bridgehead atoms. The summed E-state index contributed by atoms with van der Waals surface area (Å²) in [6.45, 7) is 0.438. The zero-order chi connectivity index (χ0) is 10.9. The fourth-order valence-electron chi connectivity index (χ4n) is 1.83. The maximum absolute atomic E-state index is 12.5. The van der Waals surface area contributed by atoms with Crippen LogP contribution >= 0.6 is 0 Å². The summed E-state index contributed by atoms with van der Waals surface area (Å²) in [7, 11) is 0. The van der Waals surface area contributed by atoms with E-state index in [1.807, 2.05) is 0 Å². The average molecular weight is 220 g/mol. The largest absolute Gasteiger partial charge is 0.414 e. The molecule has 6 heteroatoms. The van der Waals surface area contributed by atoms with Crippen molar-refractivity contribution in [3.05, 3.63) is 18.5 Å². The summed E-state index contributed by atoms with van der Waals surface area (Å²) in [5.74, 6) is -0.523. The summed E-state index contributed by atoms with van der Waals surface area (Å²) in [5.41, 5.74) is 0. The van der Waals surface area contributed by atoms with Crippen LogP contribution in [-0.4, -0.2) is 28.7 Å². The normalized spacial score (nSPS) is 27.1. The van der Waals surface area contributed by atoms with E-state index in [2.05, 4.69) is 5.10 Å². The third-order valence-corrected chi connectivity index (χ3v) is 2.52. The first-order chi connectivity index (χ1) is 7.07. The van der Waals surface area contributed by atoms with Crippen LogP contribution in [0.2, 0.25) is 0 Å². The molecule has 0 spiro atoms. The molecule has 2 atom stereocenters. The monoisotopic (exact) mass is 220 g/mol. The molecule has 1 aliphatic rings. The van der Waals surface area contributed by atoms with Crippen molar-refractivity contribution >= 4 is 0 Å². The second-order valence-corrected chi connectivity index (χ2v) is 3.61. The average Bonchev–Trinajstić information content (AvgIpc) is 2.73. The minimum absolute atomic E-state index is 0.177. The molecule has 0 aromatic carbocycles. The fraction of sp³-hybridized carbons (Fsp3) is 0.667. The molecular formula is C9H11F3N2O. The Balaban J connectivity index is 2.03. The van der Waals surface area contributed by atoms with Gasteiger partial charge in [0, 0.05) is 31.5 Å². The number of hydrogen-bond donors (Lipinski definition) is 0. The molecule has 1 aliphatic heterocycles. The van der Waals surface area contributed by atoms with Gasteiger partial charge in [-0.25, -0.2) is 0 Å². The van der Waals surface area contributed by atoms with Gasteiger partial charge in [-0.15, -0.1) is 0 Å². The van der Waals surface area contributed by atoms with Gasteiger partial charge in [-0.2, -0.15) is 18.3 Å². The first-order valence-corrected chi connectivity index (χ1v) is 4.73. The lowest BCUT2D eigenvalue weighted by Gasteiger charge is -2.20. The Labute approximate surface area is 84.8 Å². The Morgan fingerprint density at radius 1 is 1.47 bits per heavy atom. The van der Waals surface area contributed by atoms with Crippen molar-refractivity contribution in [2.45, 2.75) is 25.2 Å². The first-order valence-electron chi connectivity index (χ1n) is 4.73. The van der Waals surface area contributed by atoms with Crippen LogP contribution in [-0.2, 0) is 11.3 Å². The lowest BCUT2D eigenvalue weighted by atomic mass is 10.0. The summed E-state index contributed by atoms with van der Waals surface area (Å²) >= 11 is 0. The molecular weight excluding hydrogens is 209 g/mol. The van der Waals surface area contributed by atoms with Crippen molar-refractivity contribution in [2.24, 2.45) is 5.92 Å². The third kappa shape index (κ3) is 2.31. The minimum Gasteiger partial charge on any atom is -0.368 e. The number of alkyl halides is 3. The van der Waals surface area contributed by atoms with E-state index in [0.29, 0.717) is 6.42 Å². The minimum atomic E-state index is -4.27. The molecule has 2 rings (SSSR count). The van der Waals surface area contributed by atoms with Gasteiger partial charge >= 0.3 is 6.18 Å². The zero-order valence-corrected chi connectivity index (χ0v) is 7.94. The van der Waals surface area contributed by atoms with E-state index in [-0.39, 0.29) is 13.2 Å². The number of hydrogen-bond acceptors (Lipinski definition) is 2. The summed E-state index contributed by atoms with van der Waals surface area (Å²) in [4.78, 5) is 0. The highest BCUT2D eigenvalue weighted by Gasteiger charge is 2.48. The van der Waals surface area contributed by atoms with Gasteiger partial charge in [0.2, 0.25) is 0 Å². The fourth-order valence-corrected chi connectivity index (χ4v) is 1.83. The van der Waals surface area contributed by atoms with Crippen LogP contribution in [0.3, 0.4) is 0 Å². The van der Waals surface area contributed by atoms with Crippen LogP contribution < -0.4 is 0 Å². The molecule has 1 aromatic rings. The van der Waals surface area contributed by atoms with E-state index in [4.69, 9.17) is 4.74 Å². The Hall–Kier alpha value is -1.04. The Morgan fingerprint density at radius 2 is 2.27 bits per heavy atom. The SMILES string of the molecule is FC(F)(F)C1OCCC1Cn1cccn1. The van der Waals surface area contributed by atoms with Crippen molar-refractivity contribution in [3.8, 4) is 0 Å². The summed E-state index contributed by atoms with van der Waals surface area (Å²) < 4.78 is 43.7. The predicted octanol–water partition coefficient (Wildman–Crippen LogP) is 1.85. The highest BCUT2D eigenvalue weighted by molar-refractivity contribution is 4.84. The Bertz CT molecular complexity index is 310. The van der Waals surface area contributed by atoms with E-state index in [0.717, 1.165) is 0 Å². The van der Waals surface area contributed by atoms with E-state index >= 15 is 0 Å². The van der Waals surface area contributed by atoms with Crippen molar-refractivity contribution in [3.63, 3.8) is 0 Å². The van der Waals surface area contributed by atoms with Crippen molar-refractivity contribution in [1.29, 1.82) is 0 Å². The summed E-state index contributed by atoms with van der Waals surface area (Å²) in [6.07, 6.45) is -2.26. The Kier molecular flexibility index (Phi) is 2.68.